The van der Waals surface area contributed by atoms with Crippen molar-refractivity contribution in [2.24, 2.45) is 11.8 Å². The van der Waals surface area contributed by atoms with Gasteiger partial charge in [0.05, 0.1) is 0 Å². The SMILES string of the molecule is CC(C)Cn1nc(C(F)F)c2c1C(F)(F)[C@@H]1CC[C@H]21. The number of alkyl halides is 4. The van der Waals surface area contributed by atoms with Crippen molar-refractivity contribution in [1.82, 2.24) is 9.78 Å². The summed E-state index contributed by atoms with van der Waals surface area (Å²) in [5.41, 5.74) is -0.538. The van der Waals surface area contributed by atoms with Crippen LogP contribution in [0, 0.1) is 11.8 Å². The highest BCUT2D eigenvalue weighted by Gasteiger charge is 2.62. The number of nitrogens with zero attached hydrogens (tertiary/aromatic N) is 2. The van der Waals surface area contributed by atoms with Crippen molar-refractivity contribution >= 4 is 0 Å². The van der Waals surface area contributed by atoms with Crippen LogP contribution in [0.5, 0.6) is 0 Å². The molecule has 0 spiro atoms. The summed E-state index contributed by atoms with van der Waals surface area (Å²) >= 11 is 0. The van der Waals surface area contributed by atoms with Gasteiger partial charge >= 0.3 is 0 Å². The van der Waals surface area contributed by atoms with Gasteiger partial charge in [-0.3, -0.25) is 4.68 Å². The summed E-state index contributed by atoms with van der Waals surface area (Å²) in [7, 11) is 0. The predicted molar refractivity (Wildman–Crippen MR) is 61.4 cm³/mol. The molecular weight excluding hydrogens is 260 g/mol. The molecule has 0 bridgehead atoms. The van der Waals surface area contributed by atoms with E-state index in [1.807, 2.05) is 13.8 Å². The molecule has 6 heteroatoms. The zero-order chi connectivity index (χ0) is 13.9. The van der Waals surface area contributed by atoms with Gasteiger partial charge in [-0.15, -0.1) is 0 Å². The number of halogens is 4. The van der Waals surface area contributed by atoms with Crippen molar-refractivity contribution in [3.8, 4) is 0 Å². The molecular formula is C13H16F4N2. The molecule has 0 saturated heterocycles. The number of fused-ring (bicyclic) bond motifs is 3. The van der Waals surface area contributed by atoms with E-state index < -0.39 is 29.9 Å². The fourth-order valence-electron chi connectivity index (χ4n) is 3.31. The van der Waals surface area contributed by atoms with E-state index in [2.05, 4.69) is 5.10 Å². The molecule has 1 aromatic heterocycles. The molecule has 106 valence electrons. The van der Waals surface area contributed by atoms with E-state index >= 15 is 0 Å². The maximum Gasteiger partial charge on any atom is 0.293 e. The maximum atomic E-state index is 14.3. The minimum absolute atomic E-state index is 0.0866. The first-order chi connectivity index (χ1) is 8.84. The maximum absolute atomic E-state index is 14.3. The molecule has 2 aliphatic carbocycles. The molecule has 1 aromatic rings. The van der Waals surface area contributed by atoms with Crippen molar-refractivity contribution in [2.45, 2.75) is 51.5 Å². The van der Waals surface area contributed by atoms with Crippen molar-refractivity contribution in [2.75, 3.05) is 0 Å². The van der Waals surface area contributed by atoms with E-state index in [1.165, 1.54) is 0 Å². The molecule has 3 rings (SSSR count). The van der Waals surface area contributed by atoms with Crippen LogP contribution in [0.1, 0.15) is 56.0 Å². The zero-order valence-corrected chi connectivity index (χ0v) is 10.8. The largest absolute Gasteiger partial charge is 0.293 e. The monoisotopic (exact) mass is 276 g/mol. The molecule has 1 fully saturated rings. The molecule has 0 radical (unpaired) electrons. The highest BCUT2D eigenvalue weighted by Crippen LogP contribution is 2.63. The molecule has 0 N–H and O–H groups in total. The van der Waals surface area contributed by atoms with Crippen LogP contribution in [0.4, 0.5) is 17.6 Å². The normalized spacial score (nSPS) is 27.6. The Morgan fingerprint density at radius 3 is 2.47 bits per heavy atom. The first kappa shape index (κ1) is 12.9. The van der Waals surface area contributed by atoms with Crippen LogP contribution in [0.2, 0.25) is 0 Å². The number of aromatic nitrogens is 2. The highest BCUT2D eigenvalue weighted by atomic mass is 19.3. The fourth-order valence-corrected chi connectivity index (χ4v) is 3.31. The Hall–Kier alpha value is -1.07. The number of hydrogen-bond acceptors (Lipinski definition) is 1. The Balaban J connectivity index is 2.15. The van der Waals surface area contributed by atoms with Crippen LogP contribution in [-0.2, 0) is 12.5 Å². The van der Waals surface area contributed by atoms with Crippen LogP contribution >= 0.6 is 0 Å². The van der Waals surface area contributed by atoms with Crippen LogP contribution in [-0.4, -0.2) is 9.78 Å². The van der Waals surface area contributed by atoms with Crippen LogP contribution in [0.15, 0.2) is 0 Å². The molecule has 1 saturated carbocycles. The van der Waals surface area contributed by atoms with Gasteiger partial charge < -0.3 is 0 Å². The van der Waals surface area contributed by atoms with Crippen LogP contribution in [0.3, 0.4) is 0 Å². The lowest BCUT2D eigenvalue weighted by molar-refractivity contribution is -0.0939. The van der Waals surface area contributed by atoms with E-state index in [4.69, 9.17) is 0 Å². The van der Waals surface area contributed by atoms with E-state index in [-0.39, 0.29) is 23.7 Å². The molecule has 0 aliphatic heterocycles. The van der Waals surface area contributed by atoms with Gasteiger partial charge in [-0.1, -0.05) is 13.8 Å². The summed E-state index contributed by atoms with van der Waals surface area (Å²) in [6.07, 6.45) is -1.80. The van der Waals surface area contributed by atoms with Gasteiger partial charge in [-0.2, -0.15) is 13.9 Å². The second-order valence-corrected chi connectivity index (χ2v) is 5.94. The van der Waals surface area contributed by atoms with Crippen molar-refractivity contribution in [1.29, 1.82) is 0 Å². The first-order valence-corrected chi connectivity index (χ1v) is 6.61. The predicted octanol–water partition coefficient (Wildman–Crippen LogP) is 4.08. The molecule has 2 atom stereocenters. The van der Waals surface area contributed by atoms with Crippen molar-refractivity contribution in [3.05, 3.63) is 17.0 Å². The average molecular weight is 276 g/mol. The molecule has 2 nitrogen and oxygen atoms in total. The lowest BCUT2D eigenvalue weighted by atomic mass is 9.73. The van der Waals surface area contributed by atoms with E-state index in [0.717, 1.165) is 4.68 Å². The van der Waals surface area contributed by atoms with Gasteiger partial charge in [0, 0.05) is 18.0 Å². The van der Waals surface area contributed by atoms with E-state index in [0.29, 0.717) is 12.8 Å². The van der Waals surface area contributed by atoms with Gasteiger partial charge in [-0.25, -0.2) is 8.78 Å². The third kappa shape index (κ3) is 1.64. The second-order valence-electron chi connectivity index (χ2n) is 5.94. The van der Waals surface area contributed by atoms with Gasteiger partial charge in [0.25, 0.3) is 12.3 Å². The molecule has 0 amide bonds. The molecule has 1 heterocycles. The Morgan fingerprint density at radius 2 is 2.00 bits per heavy atom. The number of rotatable bonds is 3. The third-order valence-corrected chi connectivity index (χ3v) is 4.19. The Morgan fingerprint density at radius 1 is 1.32 bits per heavy atom. The number of hydrogen-bond donors (Lipinski definition) is 0. The van der Waals surface area contributed by atoms with Crippen molar-refractivity contribution in [3.63, 3.8) is 0 Å². The summed E-state index contributed by atoms with van der Waals surface area (Å²) in [6.45, 7) is 3.97. The molecule has 19 heavy (non-hydrogen) atoms. The summed E-state index contributed by atoms with van der Waals surface area (Å²) in [4.78, 5) is 0. The molecule has 0 unspecified atom stereocenters. The minimum atomic E-state index is -3.01. The van der Waals surface area contributed by atoms with Gasteiger partial charge in [0.15, 0.2) is 0 Å². The first-order valence-electron chi connectivity index (χ1n) is 6.61. The quantitative estimate of drug-likeness (QED) is 0.761. The van der Waals surface area contributed by atoms with E-state index in [1.54, 1.807) is 0 Å². The lowest BCUT2D eigenvalue weighted by Crippen LogP contribution is -2.32. The summed E-state index contributed by atoms with van der Waals surface area (Å²) < 4.78 is 55.8. The summed E-state index contributed by atoms with van der Waals surface area (Å²) in [5.74, 6) is -4.14. The zero-order valence-electron chi connectivity index (χ0n) is 10.8. The fraction of sp³-hybridized carbons (Fsp3) is 0.769. The minimum Gasteiger partial charge on any atom is -0.262 e. The topological polar surface area (TPSA) is 17.8 Å². The summed E-state index contributed by atoms with van der Waals surface area (Å²) in [6, 6.07) is 0. The van der Waals surface area contributed by atoms with Crippen molar-refractivity contribution < 1.29 is 17.6 Å². The van der Waals surface area contributed by atoms with Gasteiger partial charge in [0.1, 0.15) is 11.4 Å². The third-order valence-electron chi connectivity index (χ3n) is 4.19. The van der Waals surface area contributed by atoms with E-state index in [9.17, 15) is 17.6 Å². The Labute approximate surface area is 108 Å². The Bertz CT molecular complexity index is 507. The summed E-state index contributed by atoms with van der Waals surface area (Å²) in [5, 5.41) is 3.77. The van der Waals surface area contributed by atoms with Crippen LogP contribution < -0.4 is 0 Å². The average Bonchev–Trinajstić information content (AvgIpc) is 2.60. The van der Waals surface area contributed by atoms with Gasteiger partial charge in [-0.05, 0) is 24.7 Å². The Kier molecular flexibility index (Phi) is 2.70. The lowest BCUT2D eigenvalue weighted by Gasteiger charge is -2.34. The standard InChI is InChI=1S/C13H16F4N2/c1-6(2)5-19-11-9(10(18-19)12(14)15)7-3-4-8(7)13(11,16)17/h6-8,12H,3-5H2,1-2H3/t7-,8+/m0/s1. The highest BCUT2D eigenvalue weighted by molar-refractivity contribution is 5.43. The second kappa shape index (κ2) is 3.96. The molecule has 2 aliphatic rings. The van der Waals surface area contributed by atoms with Gasteiger partial charge in [0.2, 0.25) is 0 Å². The van der Waals surface area contributed by atoms with Crippen LogP contribution in [0.25, 0.3) is 0 Å². The smallest absolute Gasteiger partial charge is 0.262 e. The molecule has 0 aromatic carbocycles.